The molecule has 1 aliphatic heterocycles. The number of anilines is 1. The number of carbonyl (C=O) groups is 2. The molecule has 0 aromatic heterocycles. The molecule has 0 spiro atoms. The molecule has 0 bridgehead atoms. The van der Waals surface area contributed by atoms with Gasteiger partial charge < -0.3 is 0 Å². The number of nitrogens with one attached hydrogen (secondary N) is 1. The predicted molar refractivity (Wildman–Crippen MR) is 69.1 cm³/mol. The number of rotatable bonds is 1. The maximum atomic E-state index is 11.7. The number of carbonyl (C=O) groups excluding carboxylic acids is 2. The lowest BCUT2D eigenvalue weighted by Gasteiger charge is -2.27. The van der Waals surface area contributed by atoms with Crippen molar-refractivity contribution >= 4 is 33.6 Å². The van der Waals surface area contributed by atoms with Crippen LogP contribution in [-0.2, 0) is 4.79 Å². The van der Waals surface area contributed by atoms with E-state index in [0.29, 0.717) is 13.0 Å². The van der Waals surface area contributed by atoms with Crippen molar-refractivity contribution in [2.75, 3.05) is 11.4 Å². The molecule has 0 aliphatic carbocycles. The summed E-state index contributed by atoms with van der Waals surface area (Å²) < 4.78 is 1.05. The van der Waals surface area contributed by atoms with Crippen molar-refractivity contribution in [3.05, 3.63) is 27.7 Å². The molecule has 90 valence electrons. The van der Waals surface area contributed by atoms with Crippen molar-refractivity contribution in [1.29, 1.82) is 0 Å². The van der Waals surface area contributed by atoms with E-state index in [2.05, 4.69) is 21.2 Å². The SMILES string of the molecule is Cc1cc(N2CCC(=O)NC2=O)cc(C)c1Br. The van der Waals surface area contributed by atoms with Gasteiger partial charge in [0.2, 0.25) is 5.91 Å². The third-order valence-corrected chi connectivity index (χ3v) is 4.04. The standard InChI is InChI=1S/C12H13BrN2O2/c1-7-5-9(6-8(2)11(7)13)15-4-3-10(16)14-12(15)17/h5-6H,3-4H2,1-2H3,(H,14,16,17). The van der Waals surface area contributed by atoms with Gasteiger partial charge in [-0.1, -0.05) is 15.9 Å². The summed E-state index contributed by atoms with van der Waals surface area (Å²) in [6.07, 6.45) is 0.347. The van der Waals surface area contributed by atoms with Gasteiger partial charge in [0, 0.05) is 23.1 Å². The molecule has 0 unspecified atom stereocenters. The van der Waals surface area contributed by atoms with Crippen LogP contribution in [0.4, 0.5) is 10.5 Å². The number of benzene rings is 1. The molecule has 1 aromatic carbocycles. The van der Waals surface area contributed by atoms with Gasteiger partial charge >= 0.3 is 6.03 Å². The van der Waals surface area contributed by atoms with Crippen LogP contribution in [0.2, 0.25) is 0 Å². The second-order valence-corrected chi connectivity index (χ2v) is 4.94. The lowest BCUT2D eigenvalue weighted by Crippen LogP contribution is -2.49. The molecule has 0 atom stereocenters. The number of urea groups is 1. The fourth-order valence-corrected chi connectivity index (χ4v) is 2.12. The molecule has 1 aliphatic rings. The summed E-state index contributed by atoms with van der Waals surface area (Å²) in [7, 11) is 0. The van der Waals surface area contributed by atoms with Gasteiger partial charge in [-0.05, 0) is 37.1 Å². The molecule has 1 N–H and O–H groups in total. The zero-order chi connectivity index (χ0) is 12.6. The van der Waals surface area contributed by atoms with E-state index in [9.17, 15) is 9.59 Å². The van der Waals surface area contributed by atoms with Gasteiger partial charge in [-0.3, -0.25) is 15.0 Å². The van der Waals surface area contributed by atoms with Gasteiger partial charge in [-0.2, -0.15) is 0 Å². The van der Waals surface area contributed by atoms with Gasteiger partial charge in [0.05, 0.1) is 0 Å². The number of aryl methyl sites for hydroxylation is 2. The summed E-state index contributed by atoms with van der Waals surface area (Å²) in [6.45, 7) is 4.40. The second kappa shape index (κ2) is 4.49. The zero-order valence-electron chi connectivity index (χ0n) is 9.71. The largest absolute Gasteiger partial charge is 0.328 e. The molecule has 1 fully saturated rings. The molecule has 0 radical (unpaired) electrons. The molecule has 1 aromatic rings. The van der Waals surface area contributed by atoms with Crippen LogP contribution < -0.4 is 10.2 Å². The Morgan fingerprint density at radius 2 is 1.82 bits per heavy atom. The highest BCUT2D eigenvalue weighted by Crippen LogP contribution is 2.27. The van der Waals surface area contributed by atoms with Crippen LogP contribution in [0, 0.1) is 13.8 Å². The summed E-state index contributed by atoms with van der Waals surface area (Å²) in [5, 5.41) is 2.32. The number of imide groups is 1. The number of hydrogen-bond acceptors (Lipinski definition) is 2. The smallest absolute Gasteiger partial charge is 0.294 e. The van der Waals surface area contributed by atoms with Crippen LogP contribution in [0.5, 0.6) is 0 Å². The van der Waals surface area contributed by atoms with Gasteiger partial charge in [0.25, 0.3) is 0 Å². The topological polar surface area (TPSA) is 49.4 Å². The Labute approximate surface area is 108 Å². The monoisotopic (exact) mass is 296 g/mol. The Morgan fingerprint density at radius 3 is 2.35 bits per heavy atom. The number of halogens is 1. The first-order valence-electron chi connectivity index (χ1n) is 5.37. The second-order valence-electron chi connectivity index (χ2n) is 4.15. The Balaban J connectivity index is 2.34. The maximum absolute atomic E-state index is 11.7. The Morgan fingerprint density at radius 1 is 1.24 bits per heavy atom. The highest BCUT2D eigenvalue weighted by molar-refractivity contribution is 9.10. The van der Waals surface area contributed by atoms with Crippen molar-refractivity contribution in [1.82, 2.24) is 5.32 Å². The molecule has 1 saturated heterocycles. The van der Waals surface area contributed by atoms with E-state index in [4.69, 9.17) is 0 Å². The molecule has 0 saturated carbocycles. The maximum Gasteiger partial charge on any atom is 0.328 e. The summed E-state index contributed by atoms with van der Waals surface area (Å²) >= 11 is 3.49. The Kier molecular flexibility index (Phi) is 3.19. The van der Waals surface area contributed by atoms with Crippen molar-refractivity contribution in [3.8, 4) is 0 Å². The molecule has 3 amide bonds. The van der Waals surface area contributed by atoms with E-state index in [0.717, 1.165) is 21.3 Å². The number of nitrogens with zero attached hydrogens (tertiary/aromatic N) is 1. The van der Waals surface area contributed by atoms with Crippen LogP contribution in [0.15, 0.2) is 16.6 Å². The van der Waals surface area contributed by atoms with E-state index in [1.54, 1.807) is 4.90 Å². The lowest BCUT2D eigenvalue weighted by molar-refractivity contribution is -0.120. The first-order chi connectivity index (χ1) is 7.99. The van der Waals surface area contributed by atoms with E-state index in [-0.39, 0.29) is 11.9 Å². The highest BCUT2D eigenvalue weighted by atomic mass is 79.9. The van der Waals surface area contributed by atoms with Crippen molar-refractivity contribution in [2.24, 2.45) is 0 Å². The average Bonchev–Trinajstić information content (AvgIpc) is 2.25. The minimum Gasteiger partial charge on any atom is -0.294 e. The first kappa shape index (κ1) is 12.1. The summed E-state index contributed by atoms with van der Waals surface area (Å²) in [5.74, 6) is -0.211. The van der Waals surface area contributed by atoms with Gasteiger partial charge in [-0.25, -0.2) is 4.79 Å². The summed E-state index contributed by atoms with van der Waals surface area (Å²) in [4.78, 5) is 24.4. The molecular weight excluding hydrogens is 284 g/mol. The van der Waals surface area contributed by atoms with E-state index in [1.165, 1.54) is 0 Å². The fourth-order valence-electron chi connectivity index (χ4n) is 1.89. The lowest BCUT2D eigenvalue weighted by atomic mass is 10.1. The highest BCUT2D eigenvalue weighted by Gasteiger charge is 2.24. The molecule has 17 heavy (non-hydrogen) atoms. The normalized spacial score (nSPS) is 16.1. The van der Waals surface area contributed by atoms with Crippen molar-refractivity contribution in [3.63, 3.8) is 0 Å². The molecule has 1 heterocycles. The quantitative estimate of drug-likeness (QED) is 0.866. The van der Waals surface area contributed by atoms with Crippen LogP contribution >= 0.6 is 15.9 Å². The first-order valence-corrected chi connectivity index (χ1v) is 6.16. The zero-order valence-corrected chi connectivity index (χ0v) is 11.3. The Bertz CT molecular complexity index is 476. The minimum absolute atomic E-state index is 0.211. The fraction of sp³-hybridized carbons (Fsp3) is 0.333. The van der Waals surface area contributed by atoms with Crippen LogP contribution in [0.3, 0.4) is 0 Å². The minimum atomic E-state index is -0.345. The molecule has 5 heteroatoms. The Hall–Kier alpha value is -1.36. The predicted octanol–water partition coefficient (Wildman–Crippen LogP) is 2.51. The molecular formula is C12H13BrN2O2. The van der Waals surface area contributed by atoms with Gasteiger partial charge in [0.1, 0.15) is 0 Å². The van der Waals surface area contributed by atoms with E-state index < -0.39 is 0 Å². The van der Waals surface area contributed by atoms with E-state index >= 15 is 0 Å². The average molecular weight is 297 g/mol. The van der Waals surface area contributed by atoms with Gasteiger partial charge in [-0.15, -0.1) is 0 Å². The van der Waals surface area contributed by atoms with E-state index in [1.807, 2.05) is 26.0 Å². The molecule has 4 nitrogen and oxygen atoms in total. The third kappa shape index (κ3) is 2.34. The van der Waals surface area contributed by atoms with Crippen molar-refractivity contribution < 1.29 is 9.59 Å². The van der Waals surface area contributed by atoms with Crippen LogP contribution in [0.25, 0.3) is 0 Å². The summed E-state index contributed by atoms with van der Waals surface area (Å²) in [6, 6.07) is 3.53. The van der Waals surface area contributed by atoms with Crippen molar-refractivity contribution in [2.45, 2.75) is 20.3 Å². The van der Waals surface area contributed by atoms with Gasteiger partial charge in [0.15, 0.2) is 0 Å². The number of hydrogen-bond donors (Lipinski definition) is 1. The third-order valence-electron chi connectivity index (χ3n) is 2.79. The summed E-state index contributed by atoms with van der Waals surface area (Å²) in [5.41, 5.74) is 2.97. The molecule has 2 rings (SSSR count). The van der Waals surface area contributed by atoms with Crippen LogP contribution in [-0.4, -0.2) is 18.5 Å². The van der Waals surface area contributed by atoms with Crippen LogP contribution in [0.1, 0.15) is 17.5 Å². The number of amides is 3.